The Bertz CT molecular complexity index is 153. The number of rotatable bonds is 0. The van der Waals surface area contributed by atoms with E-state index in [1.807, 2.05) is 0 Å². The van der Waals surface area contributed by atoms with Crippen LogP contribution in [-0.4, -0.2) is 12.2 Å². The van der Waals surface area contributed by atoms with Gasteiger partial charge in [-0.3, -0.25) is 0 Å². The molecule has 0 radical (unpaired) electrons. The lowest BCUT2D eigenvalue weighted by Crippen LogP contribution is -2.37. The van der Waals surface area contributed by atoms with Crippen molar-refractivity contribution in [2.45, 2.75) is 51.6 Å². The second-order valence-electron chi connectivity index (χ2n) is 4.70. The van der Waals surface area contributed by atoms with Crippen LogP contribution in [0.15, 0.2) is 0 Å². The van der Waals surface area contributed by atoms with Crippen molar-refractivity contribution in [1.29, 1.82) is 0 Å². The Kier molecular flexibility index (Phi) is 2.16. The maximum absolute atomic E-state index is 6.01. The van der Waals surface area contributed by atoms with Crippen LogP contribution in [-0.2, 0) is 4.74 Å². The lowest BCUT2D eigenvalue weighted by Gasteiger charge is -2.37. The van der Waals surface area contributed by atoms with Gasteiger partial charge in [0.25, 0.3) is 0 Å². The molecule has 2 rings (SSSR count). The summed E-state index contributed by atoms with van der Waals surface area (Å²) in [5.41, 5.74) is 0.303. The van der Waals surface area contributed by atoms with Gasteiger partial charge in [-0.25, -0.2) is 0 Å². The van der Waals surface area contributed by atoms with Crippen molar-refractivity contribution in [3.63, 3.8) is 0 Å². The summed E-state index contributed by atoms with van der Waals surface area (Å²) < 4.78 is 6.01. The average molecular weight is 168 g/mol. The van der Waals surface area contributed by atoms with Gasteiger partial charge in [0.15, 0.2) is 0 Å². The lowest BCUT2D eigenvalue weighted by molar-refractivity contribution is -0.0458. The second kappa shape index (κ2) is 3.02. The first-order valence-electron chi connectivity index (χ1n) is 5.38. The van der Waals surface area contributed by atoms with Gasteiger partial charge in [0.1, 0.15) is 0 Å². The number of ether oxygens (including phenoxy) is 1. The molecule has 1 spiro atoms. The van der Waals surface area contributed by atoms with E-state index in [4.69, 9.17) is 4.74 Å². The fourth-order valence-corrected chi connectivity index (χ4v) is 2.84. The topological polar surface area (TPSA) is 9.23 Å². The third kappa shape index (κ3) is 1.19. The molecule has 0 amide bonds. The first-order chi connectivity index (χ1) is 5.75. The first kappa shape index (κ1) is 8.55. The van der Waals surface area contributed by atoms with Crippen LogP contribution in [0.25, 0.3) is 0 Å². The van der Waals surface area contributed by atoms with Gasteiger partial charge in [-0.1, -0.05) is 33.1 Å². The molecule has 1 heterocycles. The van der Waals surface area contributed by atoms with E-state index in [1.165, 1.54) is 32.1 Å². The molecule has 2 aliphatic rings. The second-order valence-corrected chi connectivity index (χ2v) is 4.70. The number of hydrogen-bond donors (Lipinski definition) is 0. The van der Waals surface area contributed by atoms with E-state index in [9.17, 15) is 0 Å². The van der Waals surface area contributed by atoms with E-state index in [2.05, 4.69) is 13.8 Å². The van der Waals surface area contributed by atoms with E-state index in [1.54, 1.807) is 0 Å². The third-order valence-corrected chi connectivity index (χ3v) is 4.02. The van der Waals surface area contributed by atoms with Crippen molar-refractivity contribution < 1.29 is 4.74 Å². The Morgan fingerprint density at radius 2 is 1.75 bits per heavy atom. The Morgan fingerprint density at radius 3 is 2.25 bits per heavy atom. The van der Waals surface area contributed by atoms with Gasteiger partial charge in [0, 0.05) is 0 Å². The molecule has 1 saturated heterocycles. The molecule has 1 aliphatic carbocycles. The maximum atomic E-state index is 6.01. The van der Waals surface area contributed by atoms with Crippen molar-refractivity contribution in [2.75, 3.05) is 6.61 Å². The molecule has 1 aliphatic heterocycles. The summed E-state index contributed by atoms with van der Waals surface area (Å²) in [5.74, 6) is 1.57. The van der Waals surface area contributed by atoms with Gasteiger partial charge in [0.05, 0.1) is 12.2 Å². The van der Waals surface area contributed by atoms with Gasteiger partial charge >= 0.3 is 0 Å². The fraction of sp³-hybridized carbons (Fsp3) is 1.00. The molecule has 0 unspecified atom stereocenters. The monoisotopic (exact) mass is 168 g/mol. The van der Waals surface area contributed by atoms with Crippen molar-refractivity contribution in [2.24, 2.45) is 11.8 Å². The average Bonchev–Trinajstić information content (AvgIpc) is 2.37. The molecule has 12 heavy (non-hydrogen) atoms. The molecule has 0 aromatic rings. The lowest BCUT2D eigenvalue weighted by atomic mass is 9.74. The normalized spacial score (nSPS) is 40.5. The zero-order valence-electron chi connectivity index (χ0n) is 8.31. The van der Waals surface area contributed by atoms with Crippen LogP contribution < -0.4 is 0 Å². The van der Waals surface area contributed by atoms with Crippen LogP contribution in [0.3, 0.4) is 0 Å². The smallest absolute Gasteiger partial charge is 0.0711 e. The molecule has 70 valence electrons. The van der Waals surface area contributed by atoms with Crippen LogP contribution in [0.2, 0.25) is 0 Å². The Balaban J connectivity index is 2.09. The molecule has 1 saturated carbocycles. The predicted octanol–water partition coefficient (Wildman–Crippen LogP) is 2.99. The zero-order valence-corrected chi connectivity index (χ0v) is 8.31. The molecule has 1 nitrogen and oxygen atoms in total. The summed E-state index contributed by atoms with van der Waals surface area (Å²) in [6, 6.07) is 0. The van der Waals surface area contributed by atoms with Crippen LogP contribution in [0, 0.1) is 11.8 Å². The van der Waals surface area contributed by atoms with E-state index in [-0.39, 0.29) is 0 Å². The summed E-state index contributed by atoms with van der Waals surface area (Å²) in [4.78, 5) is 0. The summed E-state index contributed by atoms with van der Waals surface area (Å²) in [5, 5.41) is 0. The van der Waals surface area contributed by atoms with Crippen molar-refractivity contribution in [1.82, 2.24) is 0 Å². The van der Waals surface area contributed by atoms with Gasteiger partial charge in [0.2, 0.25) is 0 Å². The molecule has 2 fully saturated rings. The summed E-state index contributed by atoms with van der Waals surface area (Å²) in [6.07, 6.45) is 6.83. The largest absolute Gasteiger partial charge is 0.374 e. The van der Waals surface area contributed by atoms with Crippen LogP contribution >= 0.6 is 0 Å². The van der Waals surface area contributed by atoms with Gasteiger partial charge in [-0.15, -0.1) is 0 Å². The molecule has 0 N–H and O–H groups in total. The Morgan fingerprint density at radius 1 is 1.08 bits per heavy atom. The molecule has 2 atom stereocenters. The maximum Gasteiger partial charge on any atom is 0.0711 e. The molecule has 0 bridgehead atoms. The highest BCUT2D eigenvalue weighted by Gasteiger charge is 2.45. The summed E-state index contributed by atoms with van der Waals surface area (Å²) in [6.45, 7) is 5.71. The molecule has 1 heteroatoms. The first-order valence-corrected chi connectivity index (χ1v) is 5.38. The zero-order chi connectivity index (χ0) is 8.60. The minimum atomic E-state index is 0.303. The molecular weight excluding hydrogens is 148 g/mol. The van der Waals surface area contributed by atoms with Crippen LogP contribution in [0.5, 0.6) is 0 Å². The minimum absolute atomic E-state index is 0.303. The SMILES string of the molecule is C[C@@H]1COC2(CCCCC2)[C@@H]1C. The van der Waals surface area contributed by atoms with Crippen molar-refractivity contribution in [3.05, 3.63) is 0 Å². The van der Waals surface area contributed by atoms with Crippen molar-refractivity contribution in [3.8, 4) is 0 Å². The number of hydrogen-bond acceptors (Lipinski definition) is 1. The van der Waals surface area contributed by atoms with Crippen LogP contribution in [0.4, 0.5) is 0 Å². The van der Waals surface area contributed by atoms with Crippen molar-refractivity contribution >= 4 is 0 Å². The summed E-state index contributed by atoms with van der Waals surface area (Å²) >= 11 is 0. The Hall–Kier alpha value is -0.0400. The standard InChI is InChI=1S/C11H20O/c1-9-8-12-11(10(9)2)6-4-3-5-7-11/h9-10H,3-8H2,1-2H3/t9-,10-/m1/s1. The quantitative estimate of drug-likeness (QED) is 0.540. The molecule has 0 aromatic carbocycles. The molecule has 0 aromatic heterocycles. The van der Waals surface area contributed by atoms with E-state index in [0.717, 1.165) is 18.4 Å². The third-order valence-electron chi connectivity index (χ3n) is 4.02. The van der Waals surface area contributed by atoms with Gasteiger partial charge < -0.3 is 4.74 Å². The minimum Gasteiger partial charge on any atom is -0.374 e. The van der Waals surface area contributed by atoms with E-state index < -0.39 is 0 Å². The van der Waals surface area contributed by atoms with Gasteiger partial charge in [-0.05, 0) is 24.7 Å². The van der Waals surface area contributed by atoms with Crippen LogP contribution in [0.1, 0.15) is 46.0 Å². The van der Waals surface area contributed by atoms with E-state index in [0.29, 0.717) is 5.60 Å². The highest BCUT2D eigenvalue weighted by molar-refractivity contribution is 4.95. The summed E-state index contributed by atoms with van der Waals surface area (Å²) in [7, 11) is 0. The van der Waals surface area contributed by atoms with Gasteiger partial charge in [-0.2, -0.15) is 0 Å². The highest BCUT2D eigenvalue weighted by Crippen LogP contribution is 2.45. The Labute approximate surface area is 75.5 Å². The predicted molar refractivity (Wildman–Crippen MR) is 50.1 cm³/mol. The highest BCUT2D eigenvalue weighted by atomic mass is 16.5. The molecular formula is C11H20O. The fourth-order valence-electron chi connectivity index (χ4n) is 2.84. The van der Waals surface area contributed by atoms with E-state index >= 15 is 0 Å².